The highest BCUT2D eigenvalue weighted by atomic mass is 32.2. The zero-order valence-electron chi connectivity index (χ0n) is 9.99. The van der Waals surface area contributed by atoms with Crippen molar-refractivity contribution >= 4 is 23.5 Å². The fourth-order valence-electron chi connectivity index (χ4n) is 1.15. The number of thioether (sulfide) groups is 2. The van der Waals surface area contributed by atoms with E-state index in [1.807, 2.05) is 30.4 Å². The molecule has 0 heterocycles. The molecular formula is C11H24OS2. The third-order valence-electron chi connectivity index (χ3n) is 1.67. The van der Waals surface area contributed by atoms with Gasteiger partial charge in [0.1, 0.15) is 0 Å². The Hall–Kier alpha value is 0.660. The predicted molar refractivity (Wildman–Crippen MR) is 70.2 cm³/mol. The minimum atomic E-state index is -0.155. The molecule has 0 aromatic heterocycles. The normalized spacial score (nSPS) is 14.4. The Morgan fingerprint density at radius 3 is 1.57 bits per heavy atom. The Morgan fingerprint density at radius 1 is 0.857 bits per heavy atom. The topological polar surface area (TPSA) is 20.2 Å². The summed E-state index contributed by atoms with van der Waals surface area (Å²) < 4.78 is 0.643. The molecule has 0 fully saturated rings. The molecule has 1 nitrogen and oxygen atoms in total. The summed E-state index contributed by atoms with van der Waals surface area (Å²) in [7, 11) is 0. The van der Waals surface area contributed by atoms with Crippen LogP contribution in [0.2, 0.25) is 0 Å². The van der Waals surface area contributed by atoms with E-state index in [0.717, 1.165) is 12.8 Å². The molecule has 1 atom stereocenters. The van der Waals surface area contributed by atoms with Crippen LogP contribution in [0.5, 0.6) is 0 Å². The Bertz CT molecular complexity index is 125. The second-order valence-corrected chi connectivity index (χ2v) is 8.09. The Balaban J connectivity index is 3.84. The largest absolute Gasteiger partial charge is 0.393 e. The summed E-state index contributed by atoms with van der Waals surface area (Å²) in [5, 5.41) is 10.6. The van der Waals surface area contributed by atoms with Gasteiger partial charge in [0.15, 0.2) is 0 Å². The first-order valence-corrected chi connectivity index (χ1v) is 7.29. The Kier molecular flexibility index (Phi) is 8.26. The van der Waals surface area contributed by atoms with Gasteiger partial charge in [0.2, 0.25) is 0 Å². The van der Waals surface area contributed by atoms with Crippen LogP contribution in [-0.2, 0) is 0 Å². The van der Waals surface area contributed by atoms with E-state index in [4.69, 9.17) is 0 Å². The average molecular weight is 236 g/mol. The van der Waals surface area contributed by atoms with Crippen molar-refractivity contribution in [3.63, 3.8) is 0 Å². The lowest BCUT2D eigenvalue weighted by atomic mass is 10.2. The first-order valence-electron chi connectivity index (χ1n) is 5.40. The molecular weight excluding hydrogens is 212 g/mol. The molecule has 14 heavy (non-hydrogen) atoms. The van der Waals surface area contributed by atoms with Crippen LogP contribution >= 0.6 is 23.5 Å². The lowest BCUT2D eigenvalue weighted by molar-refractivity contribution is 0.183. The van der Waals surface area contributed by atoms with Gasteiger partial charge in [-0.3, -0.25) is 0 Å². The fraction of sp³-hybridized carbons (Fsp3) is 1.00. The van der Waals surface area contributed by atoms with Crippen LogP contribution in [0.1, 0.15) is 47.5 Å². The summed E-state index contributed by atoms with van der Waals surface area (Å²) in [6, 6.07) is 0. The summed E-state index contributed by atoms with van der Waals surface area (Å²) in [5.41, 5.74) is 0. The Labute approximate surface area is 97.4 Å². The van der Waals surface area contributed by atoms with Crippen LogP contribution < -0.4 is 0 Å². The molecule has 1 N–H and O–H groups in total. The maximum absolute atomic E-state index is 9.25. The van der Waals surface area contributed by atoms with Crippen molar-refractivity contribution in [1.82, 2.24) is 0 Å². The summed E-state index contributed by atoms with van der Waals surface area (Å²) in [5.74, 6) is 0. The molecule has 86 valence electrons. The van der Waals surface area contributed by atoms with Gasteiger partial charge in [0.25, 0.3) is 0 Å². The Morgan fingerprint density at radius 2 is 1.29 bits per heavy atom. The molecule has 0 amide bonds. The average Bonchev–Trinajstić information content (AvgIpc) is 1.97. The van der Waals surface area contributed by atoms with Crippen LogP contribution in [-0.4, -0.2) is 26.3 Å². The van der Waals surface area contributed by atoms with Crippen molar-refractivity contribution in [3.05, 3.63) is 0 Å². The van der Waals surface area contributed by atoms with E-state index in [1.165, 1.54) is 0 Å². The molecule has 0 aliphatic carbocycles. The van der Waals surface area contributed by atoms with Crippen LogP contribution in [0.15, 0.2) is 0 Å². The van der Waals surface area contributed by atoms with E-state index in [2.05, 4.69) is 27.7 Å². The predicted octanol–water partition coefficient (Wildman–Crippen LogP) is 3.76. The fourth-order valence-corrected chi connectivity index (χ4v) is 4.50. The van der Waals surface area contributed by atoms with Crippen molar-refractivity contribution in [2.45, 2.75) is 68.6 Å². The van der Waals surface area contributed by atoms with Crippen molar-refractivity contribution in [2.24, 2.45) is 0 Å². The molecule has 0 spiro atoms. The van der Waals surface area contributed by atoms with Crippen LogP contribution in [0.25, 0.3) is 0 Å². The summed E-state index contributed by atoms with van der Waals surface area (Å²) in [4.78, 5) is 0. The highest BCUT2D eigenvalue weighted by molar-refractivity contribution is 8.17. The van der Waals surface area contributed by atoms with Crippen molar-refractivity contribution in [1.29, 1.82) is 0 Å². The van der Waals surface area contributed by atoms with Crippen molar-refractivity contribution in [3.8, 4) is 0 Å². The number of rotatable bonds is 7. The van der Waals surface area contributed by atoms with Gasteiger partial charge in [0.05, 0.1) is 10.7 Å². The van der Waals surface area contributed by atoms with Crippen molar-refractivity contribution in [2.75, 3.05) is 0 Å². The molecule has 0 aromatic carbocycles. The van der Waals surface area contributed by atoms with Crippen LogP contribution in [0, 0.1) is 0 Å². The van der Waals surface area contributed by atoms with Gasteiger partial charge in [-0.15, -0.1) is 23.5 Å². The summed E-state index contributed by atoms with van der Waals surface area (Å²) in [6.45, 7) is 10.8. The van der Waals surface area contributed by atoms with E-state index in [0.29, 0.717) is 15.1 Å². The van der Waals surface area contributed by atoms with Gasteiger partial charge in [-0.05, 0) is 19.8 Å². The SMILES string of the molecule is CC(O)CCC(SC(C)C)SC(C)C. The van der Waals surface area contributed by atoms with Crippen LogP contribution in [0.3, 0.4) is 0 Å². The van der Waals surface area contributed by atoms with E-state index >= 15 is 0 Å². The highest BCUT2D eigenvalue weighted by Gasteiger charge is 2.14. The van der Waals surface area contributed by atoms with E-state index < -0.39 is 0 Å². The number of hydrogen-bond donors (Lipinski definition) is 1. The van der Waals surface area contributed by atoms with Gasteiger partial charge in [-0.1, -0.05) is 27.7 Å². The van der Waals surface area contributed by atoms with E-state index in [1.54, 1.807) is 0 Å². The maximum Gasteiger partial charge on any atom is 0.0512 e. The maximum atomic E-state index is 9.25. The summed E-state index contributed by atoms with van der Waals surface area (Å²) >= 11 is 4.04. The van der Waals surface area contributed by atoms with Gasteiger partial charge in [-0.25, -0.2) is 0 Å². The van der Waals surface area contributed by atoms with Crippen molar-refractivity contribution < 1.29 is 5.11 Å². The molecule has 0 saturated heterocycles. The minimum absolute atomic E-state index is 0.155. The number of aliphatic hydroxyl groups excluding tert-OH is 1. The van der Waals surface area contributed by atoms with Gasteiger partial charge < -0.3 is 5.11 Å². The number of hydrogen-bond acceptors (Lipinski definition) is 3. The first kappa shape index (κ1) is 14.7. The number of aliphatic hydroxyl groups is 1. The molecule has 0 aliphatic heterocycles. The molecule has 0 bridgehead atoms. The van der Waals surface area contributed by atoms with E-state index in [-0.39, 0.29) is 6.10 Å². The van der Waals surface area contributed by atoms with E-state index in [9.17, 15) is 5.11 Å². The molecule has 0 rings (SSSR count). The monoisotopic (exact) mass is 236 g/mol. The zero-order chi connectivity index (χ0) is 11.1. The second kappa shape index (κ2) is 7.89. The minimum Gasteiger partial charge on any atom is -0.393 e. The third kappa shape index (κ3) is 9.22. The molecule has 0 aliphatic rings. The quantitative estimate of drug-likeness (QED) is 0.680. The molecule has 1 unspecified atom stereocenters. The van der Waals surface area contributed by atoms with Gasteiger partial charge >= 0.3 is 0 Å². The highest BCUT2D eigenvalue weighted by Crippen LogP contribution is 2.33. The van der Waals surface area contributed by atoms with Gasteiger partial charge in [-0.2, -0.15) is 0 Å². The van der Waals surface area contributed by atoms with Crippen LogP contribution in [0.4, 0.5) is 0 Å². The summed E-state index contributed by atoms with van der Waals surface area (Å²) in [6.07, 6.45) is 1.88. The second-order valence-electron chi connectivity index (χ2n) is 4.23. The lowest BCUT2D eigenvalue weighted by Crippen LogP contribution is -2.09. The molecule has 0 aromatic rings. The zero-order valence-corrected chi connectivity index (χ0v) is 11.6. The smallest absolute Gasteiger partial charge is 0.0512 e. The molecule has 3 heteroatoms. The molecule has 0 radical (unpaired) electrons. The standard InChI is InChI=1S/C11H24OS2/c1-8(2)13-11(14-9(3)4)7-6-10(5)12/h8-12H,6-7H2,1-5H3. The van der Waals surface area contributed by atoms with Gasteiger partial charge in [0, 0.05) is 10.5 Å². The first-order chi connectivity index (χ1) is 6.41. The lowest BCUT2D eigenvalue weighted by Gasteiger charge is -2.20. The molecule has 0 saturated carbocycles. The third-order valence-corrected chi connectivity index (χ3v) is 4.50.